The van der Waals surface area contributed by atoms with Crippen molar-refractivity contribution in [3.63, 3.8) is 0 Å². The predicted octanol–water partition coefficient (Wildman–Crippen LogP) is 3.57. The van der Waals surface area contributed by atoms with E-state index in [9.17, 15) is 13.2 Å². The van der Waals surface area contributed by atoms with Crippen LogP contribution >= 0.6 is 12.2 Å². The minimum Gasteiger partial charge on any atom is -0.360 e. The summed E-state index contributed by atoms with van der Waals surface area (Å²) in [6.45, 7) is 0.196. The highest BCUT2D eigenvalue weighted by atomic mass is 32.1. The van der Waals surface area contributed by atoms with Crippen molar-refractivity contribution >= 4 is 23.3 Å². The number of rotatable bonds is 4. The number of halogens is 3. The van der Waals surface area contributed by atoms with Crippen molar-refractivity contribution in [2.75, 3.05) is 5.32 Å². The molecule has 0 saturated heterocycles. The summed E-state index contributed by atoms with van der Waals surface area (Å²) >= 11 is 5.23. The van der Waals surface area contributed by atoms with E-state index in [2.05, 4.69) is 20.7 Å². The summed E-state index contributed by atoms with van der Waals surface area (Å²) in [4.78, 5) is 4.09. The first kappa shape index (κ1) is 17.7. The summed E-state index contributed by atoms with van der Waals surface area (Å²) < 4.78 is 39.7. The highest BCUT2D eigenvalue weighted by Crippen LogP contribution is 2.29. The first-order valence-corrected chi connectivity index (χ1v) is 8.44. The third-order valence-electron chi connectivity index (χ3n) is 4.05. The van der Waals surface area contributed by atoms with Gasteiger partial charge in [-0.25, -0.2) is 9.67 Å². The molecule has 0 aliphatic heterocycles. The molecule has 1 aliphatic rings. The number of hydrogen-bond acceptors (Lipinski definition) is 3. The molecule has 1 heterocycles. The molecule has 134 valence electrons. The zero-order chi connectivity index (χ0) is 17.9. The largest absolute Gasteiger partial charge is 0.416 e. The number of nitrogens with one attached hydrogen (secondary N) is 2. The van der Waals surface area contributed by atoms with Gasteiger partial charge in [-0.2, -0.15) is 13.2 Å². The van der Waals surface area contributed by atoms with E-state index < -0.39 is 11.7 Å². The van der Waals surface area contributed by atoms with Crippen LogP contribution in [0.3, 0.4) is 0 Å². The van der Waals surface area contributed by atoms with Gasteiger partial charge in [0.05, 0.1) is 12.1 Å². The minimum atomic E-state index is -4.36. The molecule has 1 saturated carbocycles. The molecule has 2 N–H and O–H groups in total. The van der Waals surface area contributed by atoms with Crippen molar-refractivity contribution < 1.29 is 13.2 Å². The van der Waals surface area contributed by atoms with Crippen LogP contribution in [0.4, 0.5) is 19.1 Å². The lowest BCUT2D eigenvalue weighted by Gasteiger charge is -2.13. The van der Waals surface area contributed by atoms with Crippen molar-refractivity contribution in [3.8, 4) is 0 Å². The van der Waals surface area contributed by atoms with Crippen molar-refractivity contribution in [3.05, 3.63) is 41.7 Å². The molecular weight excluding hydrogens is 351 g/mol. The monoisotopic (exact) mass is 369 g/mol. The van der Waals surface area contributed by atoms with Gasteiger partial charge in [0.15, 0.2) is 5.11 Å². The molecular formula is C16H18F3N5S. The van der Waals surface area contributed by atoms with Gasteiger partial charge in [0.2, 0.25) is 5.95 Å². The Hall–Kier alpha value is -2.16. The number of anilines is 1. The number of alkyl halides is 3. The summed E-state index contributed by atoms with van der Waals surface area (Å²) in [6.07, 6.45) is 1.69. The van der Waals surface area contributed by atoms with Gasteiger partial charge in [-0.05, 0) is 42.8 Å². The molecule has 3 rings (SSSR count). The average molecular weight is 369 g/mol. The zero-order valence-electron chi connectivity index (χ0n) is 13.4. The second kappa shape index (κ2) is 7.38. The number of benzene rings is 1. The topological polar surface area (TPSA) is 54.8 Å². The van der Waals surface area contributed by atoms with E-state index in [-0.39, 0.29) is 6.54 Å². The molecule has 1 fully saturated rings. The van der Waals surface area contributed by atoms with E-state index >= 15 is 0 Å². The fraction of sp³-hybridized carbons (Fsp3) is 0.438. The van der Waals surface area contributed by atoms with Crippen molar-refractivity contribution in [1.29, 1.82) is 0 Å². The molecule has 1 aromatic heterocycles. The van der Waals surface area contributed by atoms with Gasteiger partial charge in [-0.15, -0.1) is 5.10 Å². The fourth-order valence-electron chi connectivity index (χ4n) is 2.85. The molecule has 1 aliphatic carbocycles. The van der Waals surface area contributed by atoms with E-state index in [1.54, 1.807) is 6.07 Å². The van der Waals surface area contributed by atoms with Crippen LogP contribution in [-0.4, -0.2) is 25.9 Å². The Morgan fingerprint density at radius 2 is 2.04 bits per heavy atom. The molecule has 25 heavy (non-hydrogen) atoms. The molecule has 0 radical (unpaired) electrons. The molecule has 0 spiro atoms. The van der Waals surface area contributed by atoms with Crippen LogP contribution in [-0.2, 0) is 12.7 Å². The SMILES string of the molecule is FC(F)(F)c1cccc(Cn2cnc(NC(=S)NC3CCCC3)n2)c1. The van der Waals surface area contributed by atoms with Crippen molar-refractivity contribution in [1.82, 2.24) is 20.1 Å². The van der Waals surface area contributed by atoms with Gasteiger partial charge >= 0.3 is 6.18 Å². The van der Waals surface area contributed by atoms with Crippen LogP contribution in [0.1, 0.15) is 36.8 Å². The first-order chi connectivity index (χ1) is 11.9. The van der Waals surface area contributed by atoms with Crippen LogP contribution in [0.25, 0.3) is 0 Å². The molecule has 0 atom stereocenters. The van der Waals surface area contributed by atoms with Gasteiger partial charge in [-0.1, -0.05) is 25.0 Å². The quantitative estimate of drug-likeness (QED) is 0.807. The molecule has 9 heteroatoms. The summed E-state index contributed by atoms with van der Waals surface area (Å²) in [5.41, 5.74) is -0.177. The van der Waals surface area contributed by atoms with Crippen LogP contribution in [0.5, 0.6) is 0 Å². The van der Waals surface area contributed by atoms with Crippen LogP contribution < -0.4 is 10.6 Å². The number of nitrogens with zero attached hydrogens (tertiary/aromatic N) is 3. The normalized spacial score (nSPS) is 15.3. The Morgan fingerprint density at radius 1 is 1.28 bits per heavy atom. The fourth-order valence-corrected chi connectivity index (χ4v) is 3.11. The second-order valence-electron chi connectivity index (χ2n) is 6.04. The molecule has 2 aromatic rings. The standard InChI is InChI=1S/C16H18F3N5S/c17-16(18,19)12-5-3-4-11(8-12)9-24-10-20-14(23-24)22-15(25)21-13-6-1-2-7-13/h3-5,8,10,13H,1-2,6-7,9H2,(H2,21,22,23,25). The highest BCUT2D eigenvalue weighted by Gasteiger charge is 2.30. The van der Waals surface area contributed by atoms with E-state index in [1.165, 1.54) is 29.9 Å². The lowest BCUT2D eigenvalue weighted by molar-refractivity contribution is -0.137. The third-order valence-corrected chi connectivity index (χ3v) is 4.27. The molecule has 0 bridgehead atoms. The van der Waals surface area contributed by atoms with E-state index in [1.807, 2.05) is 0 Å². The van der Waals surface area contributed by atoms with Gasteiger partial charge < -0.3 is 5.32 Å². The molecule has 1 aromatic carbocycles. The maximum Gasteiger partial charge on any atom is 0.416 e. The zero-order valence-corrected chi connectivity index (χ0v) is 14.2. The summed E-state index contributed by atoms with van der Waals surface area (Å²) in [6, 6.07) is 5.55. The van der Waals surface area contributed by atoms with Crippen LogP contribution in [0.15, 0.2) is 30.6 Å². The van der Waals surface area contributed by atoms with E-state index in [0.717, 1.165) is 25.0 Å². The van der Waals surface area contributed by atoms with Crippen molar-refractivity contribution in [2.45, 2.75) is 44.4 Å². The predicted molar refractivity (Wildman–Crippen MR) is 92.2 cm³/mol. The van der Waals surface area contributed by atoms with Gasteiger partial charge in [-0.3, -0.25) is 5.32 Å². The number of aromatic nitrogens is 3. The maximum atomic E-state index is 12.8. The van der Waals surface area contributed by atoms with Crippen LogP contribution in [0.2, 0.25) is 0 Å². The Bertz CT molecular complexity index is 737. The Labute approximate surface area is 148 Å². The summed E-state index contributed by atoms with van der Waals surface area (Å²) in [5.74, 6) is 0.322. The second-order valence-corrected chi connectivity index (χ2v) is 6.45. The molecule has 0 unspecified atom stereocenters. The third kappa shape index (κ3) is 4.91. The number of hydrogen-bond donors (Lipinski definition) is 2. The van der Waals surface area contributed by atoms with Crippen LogP contribution in [0, 0.1) is 0 Å². The molecule has 0 amide bonds. The molecule has 5 nitrogen and oxygen atoms in total. The lowest BCUT2D eigenvalue weighted by Crippen LogP contribution is -2.36. The van der Waals surface area contributed by atoms with Crippen molar-refractivity contribution in [2.24, 2.45) is 0 Å². The summed E-state index contributed by atoms with van der Waals surface area (Å²) in [5, 5.41) is 10.8. The van der Waals surface area contributed by atoms with Gasteiger partial charge in [0.25, 0.3) is 0 Å². The van der Waals surface area contributed by atoms with Gasteiger partial charge in [0.1, 0.15) is 6.33 Å². The Morgan fingerprint density at radius 3 is 2.76 bits per heavy atom. The highest BCUT2D eigenvalue weighted by molar-refractivity contribution is 7.80. The first-order valence-electron chi connectivity index (χ1n) is 8.03. The minimum absolute atomic E-state index is 0.196. The Balaban J connectivity index is 1.59. The average Bonchev–Trinajstić information content (AvgIpc) is 3.19. The summed E-state index contributed by atoms with van der Waals surface area (Å²) in [7, 11) is 0. The smallest absolute Gasteiger partial charge is 0.360 e. The van der Waals surface area contributed by atoms with E-state index in [0.29, 0.717) is 22.7 Å². The van der Waals surface area contributed by atoms with E-state index in [4.69, 9.17) is 12.2 Å². The Kier molecular flexibility index (Phi) is 5.22. The number of thiocarbonyl (C=S) groups is 1. The van der Waals surface area contributed by atoms with Gasteiger partial charge in [0, 0.05) is 6.04 Å². The maximum absolute atomic E-state index is 12.8. The lowest BCUT2D eigenvalue weighted by atomic mass is 10.1.